The first-order valence-corrected chi connectivity index (χ1v) is 5.99. The topological polar surface area (TPSA) is 43.6 Å². The first kappa shape index (κ1) is 12.0. The molecule has 0 spiro atoms. The zero-order valence-corrected chi connectivity index (χ0v) is 10.9. The molecule has 2 aromatic heterocycles. The first-order chi connectivity index (χ1) is 8.11. The molecular formula is C12H15ClN4. The molecule has 2 rings (SSSR count). The number of rotatable bonds is 3. The third-order valence-electron chi connectivity index (χ3n) is 2.77. The minimum Gasteiger partial charge on any atom is -0.294 e. The summed E-state index contributed by atoms with van der Waals surface area (Å²) in [5, 5.41) is 8.50. The standard InChI is InChI=1S/C12H15ClN4/c1-8(2)11-15-16-12(13)17(11)9(3)10-4-6-14-7-5-10/h4-9H,1-3H3. The monoisotopic (exact) mass is 250 g/mol. The minimum absolute atomic E-state index is 0.109. The molecule has 1 unspecified atom stereocenters. The lowest BCUT2D eigenvalue weighted by Crippen LogP contribution is -2.12. The molecule has 0 saturated heterocycles. The highest BCUT2D eigenvalue weighted by Crippen LogP contribution is 2.26. The molecule has 5 heteroatoms. The summed E-state index contributed by atoms with van der Waals surface area (Å²) in [5.74, 6) is 1.19. The van der Waals surface area contributed by atoms with Gasteiger partial charge >= 0.3 is 0 Å². The van der Waals surface area contributed by atoms with Crippen LogP contribution >= 0.6 is 11.6 Å². The third kappa shape index (κ3) is 2.31. The van der Waals surface area contributed by atoms with E-state index in [4.69, 9.17) is 11.6 Å². The van der Waals surface area contributed by atoms with Crippen molar-refractivity contribution in [3.63, 3.8) is 0 Å². The van der Waals surface area contributed by atoms with Crippen LogP contribution in [0.5, 0.6) is 0 Å². The normalized spacial score (nSPS) is 13.0. The van der Waals surface area contributed by atoms with E-state index in [1.54, 1.807) is 12.4 Å². The van der Waals surface area contributed by atoms with E-state index < -0.39 is 0 Å². The first-order valence-electron chi connectivity index (χ1n) is 5.61. The highest BCUT2D eigenvalue weighted by molar-refractivity contribution is 6.28. The average molecular weight is 251 g/mol. The van der Waals surface area contributed by atoms with Crippen LogP contribution in [-0.2, 0) is 0 Å². The van der Waals surface area contributed by atoms with Crippen LogP contribution in [0.1, 0.15) is 44.1 Å². The van der Waals surface area contributed by atoms with E-state index in [-0.39, 0.29) is 6.04 Å². The number of halogens is 1. The second kappa shape index (κ2) is 4.84. The second-order valence-corrected chi connectivity index (χ2v) is 4.65. The summed E-state index contributed by atoms with van der Waals surface area (Å²) in [6.45, 7) is 6.24. The van der Waals surface area contributed by atoms with Gasteiger partial charge in [-0.25, -0.2) is 0 Å². The van der Waals surface area contributed by atoms with Gasteiger partial charge in [-0.15, -0.1) is 10.2 Å². The number of nitrogens with zero attached hydrogens (tertiary/aromatic N) is 4. The van der Waals surface area contributed by atoms with Crippen LogP contribution in [0.2, 0.25) is 5.28 Å². The van der Waals surface area contributed by atoms with E-state index in [2.05, 4.69) is 36.0 Å². The smallest absolute Gasteiger partial charge is 0.225 e. The Kier molecular flexibility index (Phi) is 3.43. The van der Waals surface area contributed by atoms with E-state index in [0.717, 1.165) is 11.4 Å². The number of hydrogen-bond acceptors (Lipinski definition) is 3. The SMILES string of the molecule is CC(C)c1nnc(Cl)n1C(C)c1ccncc1. The van der Waals surface area contributed by atoms with Gasteiger partial charge in [0.1, 0.15) is 5.82 Å². The largest absolute Gasteiger partial charge is 0.294 e. The van der Waals surface area contributed by atoms with E-state index in [9.17, 15) is 0 Å². The lowest BCUT2D eigenvalue weighted by atomic mass is 10.1. The minimum atomic E-state index is 0.109. The summed E-state index contributed by atoms with van der Waals surface area (Å²) in [5.41, 5.74) is 1.14. The Morgan fingerprint density at radius 2 is 1.76 bits per heavy atom. The molecule has 0 aliphatic carbocycles. The van der Waals surface area contributed by atoms with E-state index in [1.807, 2.05) is 16.7 Å². The fourth-order valence-corrected chi connectivity index (χ4v) is 2.10. The summed E-state index contributed by atoms with van der Waals surface area (Å²) < 4.78 is 1.96. The molecule has 0 aromatic carbocycles. The van der Waals surface area contributed by atoms with Gasteiger partial charge in [0.25, 0.3) is 0 Å². The Morgan fingerprint density at radius 1 is 1.12 bits per heavy atom. The van der Waals surface area contributed by atoms with E-state index in [1.165, 1.54) is 0 Å². The summed E-state index contributed by atoms with van der Waals surface area (Å²) in [4.78, 5) is 4.02. The van der Waals surface area contributed by atoms with Crippen molar-refractivity contribution in [1.82, 2.24) is 19.7 Å². The van der Waals surface area contributed by atoms with Crippen molar-refractivity contribution in [2.75, 3.05) is 0 Å². The van der Waals surface area contributed by atoms with Gasteiger partial charge in [-0.05, 0) is 36.2 Å². The van der Waals surface area contributed by atoms with Crippen molar-refractivity contribution in [3.05, 3.63) is 41.2 Å². The van der Waals surface area contributed by atoms with Crippen LogP contribution in [0.25, 0.3) is 0 Å². The molecule has 0 fully saturated rings. The predicted octanol–water partition coefficient (Wildman–Crippen LogP) is 3.06. The predicted molar refractivity (Wildman–Crippen MR) is 67.2 cm³/mol. The lowest BCUT2D eigenvalue weighted by molar-refractivity contribution is 0.578. The fourth-order valence-electron chi connectivity index (χ4n) is 1.83. The maximum Gasteiger partial charge on any atom is 0.225 e. The Morgan fingerprint density at radius 3 is 2.35 bits per heavy atom. The molecule has 0 N–H and O–H groups in total. The maximum atomic E-state index is 6.11. The average Bonchev–Trinajstić information content (AvgIpc) is 2.71. The number of pyridine rings is 1. The lowest BCUT2D eigenvalue weighted by Gasteiger charge is -2.18. The molecule has 0 aliphatic rings. The molecule has 0 aliphatic heterocycles. The Labute approximate surface area is 106 Å². The quantitative estimate of drug-likeness (QED) is 0.841. The van der Waals surface area contributed by atoms with Crippen molar-refractivity contribution in [3.8, 4) is 0 Å². The molecule has 90 valence electrons. The van der Waals surface area contributed by atoms with Gasteiger partial charge in [0.05, 0.1) is 6.04 Å². The molecular weight excluding hydrogens is 236 g/mol. The molecule has 0 saturated carbocycles. The maximum absolute atomic E-state index is 6.11. The molecule has 1 atom stereocenters. The van der Waals surface area contributed by atoms with Crippen molar-refractivity contribution >= 4 is 11.6 Å². The van der Waals surface area contributed by atoms with Crippen molar-refractivity contribution in [2.45, 2.75) is 32.7 Å². The molecule has 2 heterocycles. The highest BCUT2D eigenvalue weighted by atomic mass is 35.5. The zero-order valence-electron chi connectivity index (χ0n) is 10.1. The zero-order chi connectivity index (χ0) is 12.4. The van der Waals surface area contributed by atoms with Crippen LogP contribution in [0.4, 0.5) is 0 Å². The van der Waals surface area contributed by atoms with Crippen LogP contribution < -0.4 is 0 Å². The van der Waals surface area contributed by atoms with Crippen LogP contribution in [0, 0.1) is 0 Å². The van der Waals surface area contributed by atoms with Crippen LogP contribution in [-0.4, -0.2) is 19.7 Å². The van der Waals surface area contributed by atoms with Gasteiger partial charge in [0, 0.05) is 18.3 Å². The highest BCUT2D eigenvalue weighted by Gasteiger charge is 2.19. The van der Waals surface area contributed by atoms with Crippen molar-refractivity contribution in [1.29, 1.82) is 0 Å². The van der Waals surface area contributed by atoms with Gasteiger partial charge in [-0.2, -0.15) is 0 Å². The van der Waals surface area contributed by atoms with Gasteiger partial charge in [-0.3, -0.25) is 9.55 Å². The Balaban J connectivity index is 2.43. The number of hydrogen-bond donors (Lipinski definition) is 0. The molecule has 2 aromatic rings. The third-order valence-corrected chi connectivity index (χ3v) is 3.03. The summed E-state index contributed by atoms with van der Waals surface area (Å²) in [6.07, 6.45) is 3.55. The van der Waals surface area contributed by atoms with Crippen molar-refractivity contribution in [2.24, 2.45) is 0 Å². The van der Waals surface area contributed by atoms with E-state index in [0.29, 0.717) is 11.2 Å². The number of aromatic nitrogens is 4. The molecule has 0 radical (unpaired) electrons. The fraction of sp³-hybridized carbons (Fsp3) is 0.417. The second-order valence-electron chi connectivity index (χ2n) is 4.31. The van der Waals surface area contributed by atoms with Gasteiger partial charge in [0.15, 0.2) is 0 Å². The molecule has 17 heavy (non-hydrogen) atoms. The summed E-state index contributed by atoms with van der Waals surface area (Å²) in [7, 11) is 0. The van der Waals surface area contributed by atoms with Crippen molar-refractivity contribution < 1.29 is 0 Å². The Hall–Kier alpha value is -1.42. The summed E-state index contributed by atoms with van der Waals surface area (Å²) >= 11 is 6.11. The van der Waals surface area contributed by atoms with E-state index >= 15 is 0 Å². The van der Waals surface area contributed by atoms with Gasteiger partial charge < -0.3 is 0 Å². The molecule has 4 nitrogen and oxygen atoms in total. The summed E-state index contributed by atoms with van der Waals surface area (Å²) in [6, 6.07) is 4.06. The molecule has 0 amide bonds. The molecule has 0 bridgehead atoms. The Bertz CT molecular complexity index is 492. The van der Waals surface area contributed by atoms with Crippen LogP contribution in [0.15, 0.2) is 24.5 Å². The van der Waals surface area contributed by atoms with Crippen LogP contribution in [0.3, 0.4) is 0 Å². The van der Waals surface area contributed by atoms with Gasteiger partial charge in [-0.1, -0.05) is 13.8 Å². The van der Waals surface area contributed by atoms with Gasteiger partial charge in [0.2, 0.25) is 5.28 Å².